The number of nitrogens with one attached hydrogen (secondary N) is 2. The van der Waals surface area contributed by atoms with E-state index in [1.54, 1.807) is 19.3 Å². The molecular weight excluding hydrogens is 274 g/mol. The van der Waals surface area contributed by atoms with Crippen molar-refractivity contribution in [2.24, 2.45) is 0 Å². The van der Waals surface area contributed by atoms with Crippen LogP contribution in [0.2, 0.25) is 5.02 Å². The highest BCUT2D eigenvalue weighted by Gasteiger charge is 2.16. The Balaban J connectivity index is 1.98. The van der Waals surface area contributed by atoms with Crippen LogP contribution in [0.15, 0.2) is 12.3 Å². The molecule has 4 nitrogen and oxygen atoms in total. The van der Waals surface area contributed by atoms with E-state index >= 15 is 0 Å². The van der Waals surface area contributed by atoms with Crippen molar-refractivity contribution in [3.05, 3.63) is 22.8 Å². The molecular formula is C15H22ClN3O. The molecule has 0 unspecified atom stereocenters. The highest BCUT2D eigenvalue weighted by molar-refractivity contribution is 6.33. The summed E-state index contributed by atoms with van der Waals surface area (Å²) >= 11 is 6.06. The van der Waals surface area contributed by atoms with E-state index in [4.69, 9.17) is 11.6 Å². The molecule has 1 aliphatic carbocycles. The van der Waals surface area contributed by atoms with Gasteiger partial charge in [0.25, 0.3) is 5.91 Å². The van der Waals surface area contributed by atoms with Gasteiger partial charge in [-0.25, -0.2) is 4.98 Å². The molecule has 20 heavy (non-hydrogen) atoms. The Bertz CT molecular complexity index is 456. The average Bonchev–Trinajstić information content (AvgIpc) is 2.41. The molecule has 0 radical (unpaired) electrons. The molecule has 1 saturated carbocycles. The molecule has 110 valence electrons. The van der Waals surface area contributed by atoms with E-state index in [2.05, 4.69) is 15.6 Å². The van der Waals surface area contributed by atoms with Crippen molar-refractivity contribution in [1.82, 2.24) is 10.3 Å². The molecule has 5 heteroatoms. The molecule has 2 rings (SSSR count). The van der Waals surface area contributed by atoms with Crippen LogP contribution < -0.4 is 10.6 Å². The third kappa shape index (κ3) is 4.10. The maximum atomic E-state index is 12.2. The van der Waals surface area contributed by atoms with Crippen LogP contribution in [0.3, 0.4) is 0 Å². The van der Waals surface area contributed by atoms with Crippen LogP contribution in [0, 0.1) is 0 Å². The SMILES string of the molecule is CNc1ncc(C(=O)NC2CCCCCCC2)cc1Cl. The number of rotatable bonds is 3. The summed E-state index contributed by atoms with van der Waals surface area (Å²) in [6.45, 7) is 0. The van der Waals surface area contributed by atoms with Crippen LogP contribution in [-0.4, -0.2) is 24.0 Å². The van der Waals surface area contributed by atoms with E-state index in [9.17, 15) is 4.79 Å². The fraction of sp³-hybridized carbons (Fsp3) is 0.600. The summed E-state index contributed by atoms with van der Waals surface area (Å²) in [5.74, 6) is 0.516. The van der Waals surface area contributed by atoms with Gasteiger partial charge in [-0.2, -0.15) is 0 Å². The van der Waals surface area contributed by atoms with Crippen molar-refractivity contribution < 1.29 is 4.79 Å². The molecule has 1 aromatic heterocycles. The van der Waals surface area contributed by atoms with Gasteiger partial charge in [0.15, 0.2) is 0 Å². The van der Waals surface area contributed by atoms with Crippen molar-refractivity contribution in [3.8, 4) is 0 Å². The molecule has 0 aromatic carbocycles. The zero-order valence-electron chi connectivity index (χ0n) is 11.9. The first kappa shape index (κ1) is 15.1. The van der Waals surface area contributed by atoms with Gasteiger partial charge >= 0.3 is 0 Å². The molecule has 0 spiro atoms. The van der Waals surface area contributed by atoms with Gasteiger partial charge in [0.05, 0.1) is 10.6 Å². The summed E-state index contributed by atoms with van der Waals surface area (Å²) in [6.07, 6.45) is 9.98. The summed E-state index contributed by atoms with van der Waals surface area (Å²) in [7, 11) is 1.75. The molecule has 1 fully saturated rings. The van der Waals surface area contributed by atoms with Gasteiger partial charge in [0, 0.05) is 19.3 Å². The lowest BCUT2D eigenvalue weighted by molar-refractivity contribution is 0.0930. The van der Waals surface area contributed by atoms with Gasteiger partial charge in [-0.3, -0.25) is 4.79 Å². The molecule has 1 heterocycles. The Morgan fingerprint density at radius 2 is 1.90 bits per heavy atom. The highest BCUT2D eigenvalue weighted by Crippen LogP contribution is 2.20. The number of anilines is 1. The number of hydrogen-bond acceptors (Lipinski definition) is 3. The van der Waals surface area contributed by atoms with E-state index in [0.717, 1.165) is 12.8 Å². The van der Waals surface area contributed by atoms with Gasteiger partial charge < -0.3 is 10.6 Å². The average molecular weight is 296 g/mol. The maximum absolute atomic E-state index is 12.2. The smallest absolute Gasteiger partial charge is 0.253 e. The number of pyridine rings is 1. The second-order valence-electron chi connectivity index (χ2n) is 5.32. The number of hydrogen-bond donors (Lipinski definition) is 2. The Kier molecular flexibility index (Phi) is 5.65. The number of amides is 1. The van der Waals surface area contributed by atoms with Crippen LogP contribution in [0.1, 0.15) is 55.3 Å². The number of aromatic nitrogens is 1. The first-order valence-corrected chi connectivity index (χ1v) is 7.72. The first-order valence-electron chi connectivity index (χ1n) is 7.35. The minimum atomic E-state index is -0.0763. The second kappa shape index (κ2) is 7.48. The molecule has 1 aliphatic rings. The number of nitrogens with zero attached hydrogens (tertiary/aromatic N) is 1. The van der Waals surface area contributed by atoms with Crippen LogP contribution in [-0.2, 0) is 0 Å². The third-order valence-corrected chi connectivity index (χ3v) is 4.07. The van der Waals surface area contributed by atoms with Crippen molar-refractivity contribution in [2.75, 3.05) is 12.4 Å². The van der Waals surface area contributed by atoms with Crippen molar-refractivity contribution in [1.29, 1.82) is 0 Å². The quantitative estimate of drug-likeness (QED) is 0.895. The predicted octanol–water partition coefficient (Wildman–Crippen LogP) is 3.62. The molecule has 1 amide bonds. The fourth-order valence-electron chi connectivity index (χ4n) is 2.62. The zero-order valence-corrected chi connectivity index (χ0v) is 12.7. The molecule has 0 saturated heterocycles. The van der Waals surface area contributed by atoms with Crippen LogP contribution in [0.25, 0.3) is 0 Å². The van der Waals surface area contributed by atoms with Gasteiger partial charge in [0.2, 0.25) is 0 Å². The van der Waals surface area contributed by atoms with E-state index in [-0.39, 0.29) is 11.9 Å². The number of halogens is 1. The van der Waals surface area contributed by atoms with Gasteiger partial charge in [0.1, 0.15) is 5.82 Å². The van der Waals surface area contributed by atoms with Gasteiger partial charge in [-0.1, -0.05) is 43.7 Å². The Hall–Kier alpha value is -1.29. The molecule has 0 bridgehead atoms. The third-order valence-electron chi connectivity index (χ3n) is 3.78. The molecule has 2 N–H and O–H groups in total. The summed E-state index contributed by atoms with van der Waals surface area (Å²) in [5, 5.41) is 6.46. The highest BCUT2D eigenvalue weighted by atomic mass is 35.5. The van der Waals surface area contributed by atoms with E-state index in [1.807, 2.05) is 0 Å². The standard InChI is InChI=1S/C15H22ClN3O/c1-17-14-13(16)9-11(10-18-14)15(20)19-12-7-5-3-2-4-6-8-12/h9-10,12H,2-8H2,1H3,(H,17,18)(H,19,20). The summed E-state index contributed by atoms with van der Waals surface area (Å²) in [6, 6.07) is 1.95. The normalized spacial score (nSPS) is 17.1. The maximum Gasteiger partial charge on any atom is 0.253 e. The van der Waals surface area contributed by atoms with E-state index in [0.29, 0.717) is 16.4 Å². The number of carbonyl (C=O) groups excluding carboxylic acids is 1. The Morgan fingerprint density at radius 1 is 1.25 bits per heavy atom. The predicted molar refractivity (Wildman–Crippen MR) is 82.4 cm³/mol. The Morgan fingerprint density at radius 3 is 2.50 bits per heavy atom. The van der Waals surface area contributed by atoms with Crippen molar-refractivity contribution in [2.45, 2.75) is 51.0 Å². The van der Waals surface area contributed by atoms with Crippen molar-refractivity contribution in [3.63, 3.8) is 0 Å². The van der Waals surface area contributed by atoms with Crippen molar-refractivity contribution >= 4 is 23.3 Å². The second-order valence-corrected chi connectivity index (χ2v) is 5.73. The minimum Gasteiger partial charge on any atom is -0.372 e. The van der Waals surface area contributed by atoms with Crippen LogP contribution >= 0.6 is 11.6 Å². The summed E-state index contributed by atoms with van der Waals surface area (Å²) in [5.41, 5.74) is 0.524. The van der Waals surface area contributed by atoms with Gasteiger partial charge in [-0.15, -0.1) is 0 Å². The minimum absolute atomic E-state index is 0.0763. The van der Waals surface area contributed by atoms with Crippen LogP contribution in [0.5, 0.6) is 0 Å². The zero-order chi connectivity index (χ0) is 14.4. The van der Waals surface area contributed by atoms with E-state index in [1.165, 1.54) is 32.1 Å². The lowest BCUT2D eigenvalue weighted by atomic mass is 9.96. The van der Waals surface area contributed by atoms with Crippen LogP contribution in [0.4, 0.5) is 5.82 Å². The van der Waals surface area contributed by atoms with E-state index < -0.39 is 0 Å². The molecule has 0 aliphatic heterocycles. The lowest BCUT2D eigenvalue weighted by Crippen LogP contribution is -2.35. The topological polar surface area (TPSA) is 54.0 Å². The molecule has 1 aromatic rings. The molecule has 0 atom stereocenters. The largest absolute Gasteiger partial charge is 0.372 e. The lowest BCUT2D eigenvalue weighted by Gasteiger charge is -2.21. The Labute approximate surface area is 125 Å². The monoisotopic (exact) mass is 295 g/mol. The first-order chi connectivity index (χ1) is 9.70. The summed E-state index contributed by atoms with van der Waals surface area (Å²) in [4.78, 5) is 16.4. The number of carbonyl (C=O) groups is 1. The van der Waals surface area contributed by atoms with Gasteiger partial charge in [-0.05, 0) is 18.9 Å². The summed E-state index contributed by atoms with van der Waals surface area (Å²) < 4.78 is 0. The fourth-order valence-corrected chi connectivity index (χ4v) is 2.88.